The van der Waals surface area contributed by atoms with Gasteiger partial charge < -0.3 is 20.9 Å². The van der Waals surface area contributed by atoms with Gasteiger partial charge in [0, 0.05) is 0 Å². The number of carbonyl (C=O) groups excluding carboxylic acids is 4. The number of ether oxygens (including phenoxy) is 2. The number of benzene rings is 1. The first-order chi connectivity index (χ1) is 9.49. The number of nitrogens with two attached hydrogens (primary N) is 2. The fourth-order valence-electron chi connectivity index (χ4n) is 1.24. The van der Waals surface area contributed by atoms with Crippen molar-refractivity contribution in [2.45, 2.75) is 0 Å². The molecule has 0 atom stereocenters. The molecule has 0 unspecified atom stereocenters. The van der Waals surface area contributed by atoms with Gasteiger partial charge >= 0.3 is 23.9 Å². The lowest BCUT2D eigenvalue weighted by Gasteiger charge is -2.07. The van der Waals surface area contributed by atoms with E-state index in [0.717, 1.165) is 0 Å². The van der Waals surface area contributed by atoms with Crippen molar-refractivity contribution in [3.8, 4) is 0 Å². The van der Waals surface area contributed by atoms with Crippen LogP contribution in [0.5, 0.6) is 0 Å². The Morgan fingerprint density at radius 1 is 0.800 bits per heavy atom. The zero-order valence-electron chi connectivity index (χ0n) is 10.3. The fraction of sp³-hybridized carbons (Fsp3) is 0.167. The highest BCUT2D eigenvalue weighted by atomic mass is 16.6. The van der Waals surface area contributed by atoms with Crippen LogP contribution in [0.25, 0.3) is 0 Å². The SMILES string of the molecule is NCC(=O)OC(=O)c1ccccc1C(=O)OC(=O)CN. The van der Waals surface area contributed by atoms with Crippen molar-refractivity contribution in [3.05, 3.63) is 35.4 Å². The molecule has 0 radical (unpaired) electrons. The van der Waals surface area contributed by atoms with E-state index in [0.29, 0.717) is 0 Å². The summed E-state index contributed by atoms with van der Waals surface area (Å²) < 4.78 is 8.77. The van der Waals surface area contributed by atoms with Gasteiger partial charge in [-0.25, -0.2) is 9.59 Å². The standard InChI is InChI=1S/C12H12N2O6/c13-5-9(15)19-11(17)7-3-1-2-4-8(7)12(18)20-10(16)6-14/h1-4H,5-6,13-14H2. The second kappa shape index (κ2) is 7.12. The first-order valence-electron chi connectivity index (χ1n) is 5.48. The van der Waals surface area contributed by atoms with E-state index in [1.54, 1.807) is 0 Å². The molecule has 4 N–H and O–H groups in total. The van der Waals surface area contributed by atoms with Gasteiger partial charge in [0.25, 0.3) is 0 Å². The first kappa shape index (κ1) is 15.5. The quantitative estimate of drug-likeness (QED) is 0.527. The summed E-state index contributed by atoms with van der Waals surface area (Å²) in [5, 5.41) is 0. The Morgan fingerprint density at radius 2 is 1.15 bits per heavy atom. The van der Waals surface area contributed by atoms with Crippen LogP contribution in [-0.4, -0.2) is 37.0 Å². The van der Waals surface area contributed by atoms with E-state index < -0.39 is 37.0 Å². The minimum atomic E-state index is -1.06. The Bertz CT molecular complexity index is 506. The van der Waals surface area contributed by atoms with E-state index in [1.807, 2.05) is 0 Å². The van der Waals surface area contributed by atoms with Crippen LogP contribution in [0.2, 0.25) is 0 Å². The van der Waals surface area contributed by atoms with E-state index in [4.69, 9.17) is 11.5 Å². The maximum Gasteiger partial charge on any atom is 0.346 e. The van der Waals surface area contributed by atoms with Crippen molar-refractivity contribution in [3.63, 3.8) is 0 Å². The van der Waals surface area contributed by atoms with Crippen molar-refractivity contribution in [2.75, 3.05) is 13.1 Å². The molecule has 0 bridgehead atoms. The van der Waals surface area contributed by atoms with E-state index >= 15 is 0 Å². The predicted octanol–water partition coefficient (Wildman–Crippen LogP) is -1.03. The molecule has 0 fully saturated rings. The van der Waals surface area contributed by atoms with Gasteiger partial charge in [0.1, 0.15) is 0 Å². The Hall–Kier alpha value is -2.58. The van der Waals surface area contributed by atoms with Crippen LogP contribution in [0.1, 0.15) is 20.7 Å². The summed E-state index contributed by atoms with van der Waals surface area (Å²) in [7, 11) is 0. The highest BCUT2D eigenvalue weighted by molar-refractivity contribution is 6.08. The molecule has 0 saturated carbocycles. The van der Waals surface area contributed by atoms with Gasteiger partial charge in [0.2, 0.25) is 0 Å². The summed E-state index contributed by atoms with van der Waals surface area (Å²) >= 11 is 0. The molecule has 20 heavy (non-hydrogen) atoms. The lowest BCUT2D eigenvalue weighted by Crippen LogP contribution is -2.24. The summed E-state index contributed by atoms with van der Waals surface area (Å²) in [4.78, 5) is 45.2. The zero-order valence-corrected chi connectivity index (χ0v) is 10.3. The van der Waals surface area contributed by atoms with Crippen LogP contribution in [0.4, 0.5) is 0 Å². The van der Waals surface area contributed by atoms with Gasteiger partial charge in [-0.2, -0.15) is 0 Å². The van der Waals surface area contributed by atoms with Gasteiger partial charge in [-0.1, -0.05) is 12.1 Å². The highest BCUT2D eigenvalue weighted by Crippen LogP contribution is 2.12. The molecule has 0 saturated heterocycles. The Morgan fingerprint density at radius 3 is 1.45 bits per heavy atom. The summed E-state index contributed by atoms with van der Waals surface area (Å²) in [6.45, 7) is -0.964. The summed E-state index contributed by atoms with van der Waals surface area (Å²) in [6.07, 6.45) is 0. The van der Waals surface area contributed by atoms with E-state index in [-0.39, 0.29) is 11.1 Å². The molecule has 8 heteroatoms. The molecule has 8 nitrogen and oxygen atoms in total. The zero-order chi connectivity index (χ0) is 15.1. The molecule has 0 amide bonds. The second-order valence-corrected chi connectivity index (χ2v) is 3.48. The number of rotatable bonds is 4. The molecule has 0 spiro atoms. The third-order valence-corrected chi connectivity index (χ3v) is 2.11. The number of esters is 4. The van der Waals surface area contributed by atoms with Crippen molar-refractivity contribution in [1.29, 1.82) is 0 Å². The molecule has 1 aromatic carbocycles. The maximum atomic E-state index is 11.7. The van der Waals surface area contributed by atoms with Crippen molar-refractivity contribution in [1.82, 2.24) is 0 Å². The van der Waals surface area contributed by atoms with Crippen LogP contribution in [0.3, 0.4) is 0 Å². The number of hydrogen-bond donors (Lipinski definition) is 2. The lowest BCUT2D eigenvalue weighted by molar-refractivity contribution is -0.137. The summed E-state index contributed by atoms with van der Waals surface area (Å²) in [6, 6.07) is 5.39. The van der Waals surface area contributed by atoms with Crippen LogP contribution >= 0.6 is 0 Å². The molecule has 1 aromatic rings. The molecule has 0 heterocycles. The Balaban J connectivity index is 2.98. The first-order valence-corrected chi connectivity index (χ1v) is 5.48. The van der Waals surface area contributed by atoms with Gasteiger partial charge in [-0.3, -0.25) is 9.59 Å². The van der Waals surface area contributed by atoms with Crippen LogP contribution in [0.15, 0.2) is 24.3 Å². The Labute approximate surface area is 113 Å². The van der Waals surface area contributed by atoms with Crippen LogP contribution in [0, 0.1) is 0 Å². The molecule has 106 valence electrons. The largest absolute Gasteiger partial charge is 0.388 e. The van der Waals surface area contributed by atoms with Gasteiger partial charge in [0.15, 0.2) is 0 Å². The van der Waals surface area contributed by atoms with Gasteiger partial charge in [-0.05, 0) is 12.1 Å². The lowest BCUT2D eigenvalue weighted by atomic mass is 10.1. The van der Waals surface area contributed by atoms with E-state index in [2.05, 4.69) is 9.47 Å². The average Bonchev–Trinajstić information content (AvgIpc) is 2.46. The molecule has 0 aliphatic carbocycles. The minimum absolute atomic E-state index is 0.218. The average molecular weight is 280 g/mol. The van der Waals surface area contributed by atoms with Crippen molar-refractivity contribution >= 4 is 23.9 Å². The predicted molar refractivity (Wildman–Crippen MR) is 65.4 cm³/mol. The maximum absolute atomic E-state index is 11.7. The van der Waals surface area contributed by atoms with Gasteiger partial charge in [-0.15, -0.1) is 0 Å². The number of hydrogen-bond acceptors (Lipinski definition) is 8. The van der Waals surface area contributed by atoms with Crippen LogP contribution < -0.4 is 11.5 Å². The van der Waals surface area contributed by atoms with Gasteiger partial charge in [0.05, 0.1) is 24.2 Å². The minimum Gasteiger partial charge on any atom is -0.388 e. The van der Waals surface area contributed by atoms with Crippen molar-refractivity contribution in [2.24, 2.45) is 11.5 Å². The third-order valence-electron chi connectivity index (χ3n) is 2.11. The second-order valence-electron chi connectivity index (χ2n) is 3.48. The molecule has 1 rings (SSSR count). The molecule has 0 aromatic heterocycles. The Kier molecular flexibility index (Phi) is 5.51. The highest BCUT2D eigenvalue weighted by Gasteiger charge is 2.22. The number of carbonyl (C=O) groups is 4. The third kappa shape index (κ3) is 3.97. The molecular formula is C12H12N2O6. The molecular weight excluding hydrogens is 268 g/mol. The molecule has 0 aliphatic heterocycles. The topological polar surface area (TPSA) is 139 Å². The summed E-state index contributed by atoms with van der Waals surface area (Å²) in [5.74, 6) is -4.02. The smallest absolute Gasteiger partial charge is 0.346 e. The van der Waals surface area contributed by atoms with Crippen LogP contribution in [-0.2, 0) is 19.1 Å². The molecule has 0 aliphatic rings. The van der Waals surface area contributed by atoms with Crippen molar-refractivity contribution < 1.29 is 28.7 Å². The summed E-state index contributed by atoms with van der Waals surface area (Å²) in [5.41, 5.74) is 9.57. The van der Waals surface area contributed by atoms with E-state index in [9.17, 15) is 19.2 Å². The van der Waals surface area contributed by atoms with E-state index in [1.165, 1.54) is 24.3 Å². The monoisotopic (exact) mass is 280 g/mol. The fourth-order valence-corrected chi connectivity index (χ4v) is 1.24. The normalized spacial score (nSPS) is 9.70.